The van der Waals surface area contributed by atoms with E-state index in [1.807, 2.05) is 31.2 Å². The molecular formula is C18H20N2O4. The fraction of sp³-hybridized carbons (Fsp3) is 0.333. The maximum absolute atomic E-state index is 12.6. The lowest BCUT2D eigenvalue weighted by Crippen LogP contribution is -2.42. The highest BCUT2D eigenvalue weighted by molar-refractivity contribution is 5.95. The number of anilines is 1. The summed E-state index contributed by atoms with van der Waals surface area (Å²) in [5, 5.41) is 2.85. The van der Waals surface area contributed by atoms with Gasteiger partial charge >= 0.3 is 12.0 Å². The molecule has 2 aromatic rings. The van der Waals surface area contributed by atoms with Crippen molar-refractivity contribution >= 4 is 17.7 Å². The lowest BCUT2D eigenvalue weighted by molar-refractivity contribution is 0.0598. The van der Waals surface area contributed by atoms with Gasteiger partial charge in [0.15, 0.2) is 0 Å². The first-order chi connectivity index (χ1) is 11.5. The molecule has 3 rings (SSSR count). The number of nitrogens with zero attached hydrogens (tertiary/aromatic N) is 1. The predicted molar refractivity (Wildman–Crippen MR) is 89.1 cm³/mol. The fourth-order valence-electron chi connectivity index (χ4n) is 3.07. The normalized spacial score (nSPS) is 16.0. The van der Waals surface area contributed by atoms with Gasteiger partial charge in [-0.2, -0.15) is 0 Å². The Morgan fingerprint density at radius 3 is 2.88 bits per heavy atom. The molecule has 6 nitrogen and oxygen atoms in total. The van der Waals surface area contributed by atoms with Crippen LogP contribution < -0.4 is 10.2 Å². The molecule has 1 N–H and O–H groups in total. The molecule has 0 radical (unpaired) electrons. The molecule has 1 aliphatic rings. The van der Waals surface area contributed by atoms with Crippen molar-refractivity contribution in [2.24, 2.45) is 0 Å². The van der Waals surface area contributed by atoms with Crippen molar-refractivity contribution < 1.29 is 18.7 Å². The lowest BCUT2D eigenvalue weighted by Gasteiger charge is -2.22. The number of ether oxygens (including phenoxy) is 1. The van der Waals surface area contributed by atoms with Crippen LogP contribution in [0.2, 0.25) is 0 Å². The van der Waals surface area contributed by atoms with Gasteiger partial charge in [-0.05, 0) is 38.0 Å². The molecule has 0 saturated heterocycles. The summed E-state index contributed by atoms with van der Waals surface area (Å²) in [6.07, 6.45) is 0.843. The first kappa shape index (κ1) is 16.1. The highest BCUT2D eigenvalue weighted by atomic mass is 16.5. The van der Waals surface area contributed by atoms with Crippen molar-refractivity contribution in [1.82, 2.24) is 5.32 Å². The third-order valence-electron chi connectivity index (χ3n) is 4.21. The van der Waals surface area contributed by atoms with E-state index in [4.69, 9.17) is 9.15 Å². The van der Waals surface area contributed by atoms with Gasteiger partial charge in [0, 0.05) is 11.7 Å². The molecule has 0 spiro atoms. The smallest absolute Gasteiger partial charge is 0.341 e. The Balaban J connectivity index is 1.69. The number of hydrogen-bond acceptors (Lipinski definition) is 4. The van der Waals surface area contributed by atoms with Gasteiger partial charge in [0.2, 0.25) is 0 Å². The maximum Gasteiger partial charge on any atom is 0.341 e. The molecule has 2 heterocycles. The van der Waals surface area contributed by atoms with Crippen LogP contribution >= 0.6 is 0 Å². The predicted octanol–water partition coefficient (Wildman–Crippen LogP) is 3.04. The second kappa shape index (κ2) is 6.39. The number of furan rings is 1. The number of carbonyl (C=O) groups is 2. The Morgan fingerprint density at radius 1 is 1.38 bits per heavy atom. The maximum atomic E-state index is 12.6. The third-order valence-corrected chi connectivity index (χ3v) is 4.21. The molecule has 24 heavy (non-hydrogen) atoms. The van der Waals surface area contributed by atoms with Crippen molar-refractivity contribution in [3.63, 3.8) is 0 Å². The van der Waals surface area contributed by atoms with Crippen molar-refractivity contribution in [1.29, 1.82) is 0 Å². The van der Waals surface area contributed by atoms with Crippen LogP contribution in [0.1, 0.15) is 34.4 Å². The van der Waals surface area contributed by atoms with E-state index in [1.165, 1.54) is 12.7 Å². The number of hydrogen-bond donors (Lipinski definition) is 1. The molecule has 1 aromatic heterocycles. The topological polar surface area (TPSA) is 71.8 Å². The van der Waals surface area contributed by atoms with E-state index in [0.29, 0.717) is 17.1 Å². The minimum atomic E-state index is -0.448. The summed E-state index contributed by atoms with van der Waals surface area (Å²) in [6.45, 7) is 3.92. The Hall–Kier alpha value is -2.76. The Labute approximate surface area is 140 Å². The number of rotatable bonds is 3. The van der Waals surface area contributed by atoms with Gasteiger partial charge in [-0.1, -0.05) is 18.2 Å². The summed E-state index contributed by atoms with van der Waals surface area (Å²) in [4.78, 5) is 25.9. The number of aryl methyl sites for hydroxylation is 1. The Morgan fingerprint density at radius 2 is 2.12 bits per heavy atom. The van der Waals surface area contributed by atoms with Crippen LogP contribution in [-0.4, -0.2) is 25.2 Å². The van der Waals surface area contributed by atoms with E-state index >= 15 is 0 Å². The molecule has 0 saturated carbocycles. The summed E-state index contributed by atoms with van der Waals surface area (Å²) in [6, 6.07) is 9.42. The molecule has 1 aromatic carbocycles. The van der Waals surface area contributed by atoms with Gasteiger partial charge in [-0.15, -0.1) is 0 Å². The van der Waals surface area contributed by atoms with Gasteiger partial charge in [0.25, 0.3) is 0 Å². The number of methoxy groups -OCH3 is 1. The highest BCUT2D eigenvalue weighted by Crippen LogP contribution is 2.31. The zero-order chi connectivity index (χ0) is 17.3. The van der Waals surface area contributed by atoms with Crippen LogP contribution in [0, 0.1) is 6.92 Å². The van der Waals surface area contributed by atoms with E-state index < -0.39 is 5.97 Å². The molecule has 2 amide bonds. The number of esters is 1. The number of para-hydroxylation sites is 1. The van der Waals surface area contributed by atoms with Gasteiger partial charge in [0.05, 0.1) is 13.7 Å². The second-order valence-corrected chi connectivity index (χ2v) is 5.88. The Bertz CT molecular complexity index is 781. The average molecular weight is 328 g/mol. The molecule has 0 aliphatic carbocycles. The van der Waals surface area contributed by atoms with Crippen molar-refractivity contribution in [3.8, 4) is 0 Å². The molecule has 0 fully saturated rings. The van der Waals surface area contributed by atoms with E-state index in [-0.39, 0.29) is 18.6 Å². The largest absolute Gasteiger partial charge is 0.465 e. The summed E-state index contributed by atoms with van der Waals surface area (Å²) < 4.78 is 10.2. The SMILES string of the molecule is COC(=O)c1cc(CNC(=O)N2c3ccccc3C[C@@H]2C)oc1C. The summed E-state index contributed by atoms with van der Waals surface area (Å²) in [7, 11) is 1.32. The second-order valence-electron chi connectivity index (χ2n) is 5.88. The van der Waals surface area contributed by atoms with Crippen LogP contribution in [0.3, 0.4) is 0 Å². The van der Waals surface area contributed by atoms with Gasteiger partial charge < -0.3 is 14.5 Å². The average Bonchev–Trinajstić information content (AvgIpc) is 3.11. The quantitative estimate of drug-likeness (QED) is 0.879. The van der Waals surface area contributed by atoms with E-state index in [2.05, 4.69) is 5.32 Å². The van der Waals surface area contributed by atoms with Crippen molar-refractivity contribution in [2.45, 2.75) is 32.9 Å². The van der Waals surface area contributed by atoms with Crippen LogP contribution in [-0.2, 0) is 17.7 Å². The Kier molecular flexibility index (Phi) is 4.29. The van der Waals surface area contributed by atoms with Gasteiger partial charge in [-0.25, -0.2) is 9.59 Å². The monoisotopic (exact) mass is 328 g/mol. The van der Waals surface area contributed by atoms with Crippen LogP contribution in [0.5, 0.6) is 0 Å². The number of nitrogens with one attached hydrogen (secondary N) is 1. The molecular weight excluding hydrogens is 308 g/mol. The first-order valence-corrected chi connectivity index (χ1v) is 7.84. The van der Waals surface area contributed by atoms with Gasteiger partial charge in [0.1, 0.15) is 17.1 Å². The zero-order valence-corrected chi connectivity index (χ0v) is 14.0. The number of fused-ring (bicyclic) bond motifs is 1. The summed E-state index contributed by atoms with van der Waals surface area (Å²) in [5.41, 5.74) is 2.48. The number of urea groups is 1. The molecule has 0 bridgehead atoms. The standard InChI is InChI=1S/C18H20N2O4/c1-11-8-13-6-4-5-7-16(13)20(11)18(22)19-10-14-9-15(12(2)24-14)17(21)23-3/h4-7,9,11H,8,10H2,1-3H3,(H,19,22)/t11-/m0/s1. The van der Waals surface area contributed by atoms with Crippen LogP contribution in [0.15, 0.2) is 34.7 Å². The summed E-state index contributed by atoms with van der Waals surface area (Å²) in [5.74, 6) is 0.545. The molecule has 126 valence electrons. The van der Waals surface area contributed by atoms with Crippen LogP contribution in [0.4, 0.5) is 10.5 Å². The number of carbonyl (C=O) groups excluding carboxylic acids is 2. The first-order valence-electron chi connectivity index (χ1n) is 7.84. The van der Waals surface area contributed by atoms with E-state index in [1.54, 1.807) is 17.9 Å². The minimum absolute atomic E-state index is 0.103. The van der Waals surface area contributed by atoms with Crippen LogP contribution in [0.25, 0.3) is 0 Å². The lowest BCUT2D eigenvalue weighted by atomic mass is 10.1. The number of benzene rings is 1. The van der Waals surface area contributed by atoms with Gasteiger partial charge in [-0.3, -0.25) is 4.90 Å². The molecule has 0 unspecified atom stereocenters. The zero-order valence-electron chi connectivity index (χ0n) is 14.0. The molecule has 1 aliphatic heterocycles. The minimum Gasteiger partial charge on any atom is -0.465 e. The molecule has 1 atom stereocenters. The van der Waals surface area contributed by atoms with Crippen molar-refractivity contribution in [2.75, 3.05) is 12.0 Å². The fourth-order valence-corrected chi connectivity index (χ4v) is 3.07. The number of amides is 2. The van der Waals surface area contributed by atoms with E-state index in [0.717, 1.165) is 12.1 Å². The molecule has 6 heteroatoms. The summed E-state index contributed by atoms with van der Waals surface area (Å²) >= 11 is 0. The highest BCUT2D eigenvalue weighted by Gasteiger charge is 2.30. The van der Waals surface area contributed by atoms with Crippen molar-refractivity contribution in [3.05, 3.63) is 53.0 Å². The third kappa shape index (κ3) is 2.87. The van der Waals surface area contributed by atoms with E-state index in [9.17, 15) is 9.59 Å².